The molecule has 0 bridgehead atoms. The van der Waals surface area contributed by atoms with Crippen LogP contribution >= 0.6 is 0 Å². The van der Waals surface area contributed by atoms with Crippen LogP contribution in [0.3, 0.4) is 0 Å². The van der Waals surface area contributed by atoms with Gasteiger partial charge in [-0.1, -0.05) is 75.7 Å². The average molecular weight is 353 g/mol. The number of rotatable bonds is 1. The molecule has 0 aliphatic heterocycles. The Balaban J connectivity index is 1.71. The molecule has 2 aromatic carbocycles. The SMILES string of the molecule is Cc1cccc(C2=Cc3c4c(ccc3=C2)=C2C(=CC(C)(C)CC2(C)C)C4)c1. The minimum absolute atomic E-state index is 0.235. The van der Waals surface area contributed by atoms with E-state index in [2.05, 4.69) is 89.2 Å². The van der Waals surface area contributed by atoms with E-state index in [1.165, 1.54) is 39.1 Å². The van der Waals surface area contributed by atoms with Crippen molar-refractivity contribution in [2.45, 2.75) is 47.5 Å². The van der Waals surface area contributed by atoms with E-state index >= 15 is 0 Å². The Morgan fingerprint density at radius 2 is 1.74 bits per heavy atom. The molecule has 0 fully saturated rings. The highest BCUT2D eigenvalue weighted by molar-refractivity contribution is 6.03. The summed E-state index contributed by atoms with van der Waals surface area (Å²) in [6.07, 6.45) is 9.63. The van der Waals surface area contributed by atoms with Crippen molar-refractivity contribution in [1.29, 1.82) is 0 Å². The predicted molar refractivity (Wildman–Crippen MR) is 117 cm³/mol. The molecular formula is C27H28. The maximum absolute atomic E-state index is 2.55. The molecule has 0 N–H and O–H groups in total. The van der Waals surface area contributed by atoms with E-state index in [0.29, 0.717) is 0 Å². The van der Waals surface area contributed by atoms with Crippen LogP contribution in [0, 0.1) is 17.8 Å². The van der Waals surface area contributed by atoms with Crippen molar-refractivity contribution < 1.29 is 0 Å². The molecule has 2 aromatic rings. The van der Waals surface area contributed by atoms with Gasteiger partial charge in [0.15, 0.2) is 0 Å². The Bertz CT molecular complexity index is 1160. The van der Waals surface area contributed by atoms with Crippen LogP contribution < -0.4 is 10.4 Å². The van der Waals surface area contributed by atoms with Crippen molar-refractivity contribution in [1.82, 2.24) is 0 Å². The fourth-order valence-electron chi connectivity index (χ4n) is 5.88. The van der Waals surface area contributed by atoms with Crippen molar-refractivity contribution in [2.75, 3.05) is 0 Å². The second-order valence-corrected chi connectivity index (χ2v) is 9.98. The van der Waals surface area contributed by atoms with E-state index < -0.39 is 0 Å². The van der Waals surface area contributed by atoms with Gasteiger partial charge in [0.1, 0.15) is 0 Å². The van der Waals surface area contributed by atoms with Crippen LogP contribution in [0.4, 0.5) is 0 Å². The predicted octanol–water partition coefficient (Wildman–Crippen LogP) is 5.42. The quantitative estimate of drug-likeness (QED) is 0.643. The zero-order valence-corrected chi connectivity index (χ0v) is 17.1. The summed E-state index contributed by atoms with van der Waals surface area (Å²) in [6, 6.07) is 13.6. The average Bonchev–Trinajstić information content (AvgIpc) is 3.13. The second-order valence-electron chi connectivity index (χ2n) is 9.98. The van der Waals surface area contributed by atoms with Crippen molar-refractivity contribution in [3.05, 3.63) is 80.7 Å². The summed E-state index contributed by atoms with van der Waals surface area (Å²) >= 11 is 0. The highest BCUT2D eigenvalue weighted by atomic mass is 14.4. The number of hydrogen-bond donors (Lipinski definition) is 0. The van der Waals surface area contributed by atoms with Gasteiger partial charge in [0.25, 0.3) is 0 Å². The normalized spacial score (nSPS) is 21.0. The van der Waals surface area contributed by atoms with Crippen LogP contribution in [-0.4, -0.2) is 0 Å². The summed E-state index contributed by atoms with van der Waals surface area (Å²) in [6.45, 7) is 11.8. The first-order valence-corrected chi connectivity index (χ1v) is 10.1. The molecule has 0 heteroatoms. The lowest BCUT2D eigenvalue weighted by atomic mass is 9.64. The molecule has 136 valence electrons. The number of allylic oxidation sites excluding steroid dienone is 3. The smallest absolute Gasteiger partial charge is 0.00133 e. The topological polar surface area (TPSA) is 0 Å². The van der Waals surface area contributed by atoms with Gasteiger partial charge in [-0.15, -0.1) is 0 Å². The van der Waals surface area contributed by atoms with Gasteiger partial charge in [-0.3, -0.25) is 0 Å². The lowest BCUT2D eigenvalue weighted by Crippen LogP contribution is -2.30. The Morgan fingerprint density at radius 3 is 2.52 bits per heavy atom. The van der Waals surface area contributed by atoms with E-state index in [1.807, 2.05) is 0 Å². The molecule has 0 radical (unpaired) electrons. The lowest BCUT2D eigenvalue weighted by molar-refractivity contribution is 0.292. The zero-order chi connectivity index (χ0) is 19.0. The minimum atomic E-state index is 0.235. The van der Waals surface area contributed by atoms with Crippen molar-refractivity contribution >= 4 is 23.3 Å². The van der Waals surface area contributed by atoms with Gasteiger partial charge in [-0.25, -0.2) is 0 Å². The third kappa shape index (κ3) is 2.57. The van der Waals surface area contributed by atoms with E-state index in [0.717, 1.165) is 6.42 Å². The maximum Gasteiger partial charge on any atom is -0.00133 e. The lowest BCUT2D eigenvalue weighted by Gasteiger charge is -2.40. The highest BCUT2D eigenvalue weighted by Crippen LogP contribution is 2.51. The first kappa shape index (κ1) is 16.8. The minimum Gasteiger partial charge on any atom is -0.0750 e. The third-order valence-corrected chi connectivity index (χ3v) is 6.45. The Morgan fingerprint density at radius 1 is 0.926 bits per heavy atom. The molecule has 5 rings (SSSR count). The van der Waals surface area contributed by atoms with Crippen molar-refractivity contribution in [3.8, 4) is 0 Å². The summed E-state index contributed by atoms with van der Waals surface area (Å²) in [5, 5.41) is 2.87. The van der Waals surface area contributed by atoms with E-state index in [9.17, 15) is 0 Å². The summed E-state index contributed by atoms with van der Waals surface area (Å²) in [5.41, 5.74) is 10.6. The van der Waals surface area contributed by atoms with E-state index in [1.54, 1.807) is 16.7 Å². The number of aryl methyl sites for hydroxylation is 1. The molecule has 3 aliphatic carbocycles. The van der Waals surface area contributed by atoms with Crippen molar-refractivity contribution in [3.63, 3.8) is 0 Å². The molecule has 0 unspecified atom stereocenters. The molecule has 3 aliphatic rings. The van der Waals surface area contributed by atoms with Crippen LogP contribution in [0.15, 0.2) is 48.0 Å². The largest absolute Gasteiger partial charge is 0.0750 e. The Labute approximate surface area is 162 Å². The van der Waals surface area contributed by atoms with Gasteiger partial charge < -0.3 is 0 Å². The number of hydrogen-bond acceptors (Lipinski definition) is 0. The Kier molecular flexibility index (Phi) is 3.33. The standard InChI is InChI=1S/C27H28/c1-17-7-6-8-18(11-17)20-12-19-9-10-22-24(23(19)13-20)14-21-15-26(2,3)16-27(4,5)25(21)22/h6-13,15H,14,16H2,1-5H3. The van der Waals surface area contributed by atoms with Gasteiger partial charge in [-0.2, -0.15) is 0 Å². The molecule has 0 spiro atoms. The fraction of sp³-hybridized carbons (Fsp3) is 0.333. The van der Waals surface area contributed by atoms with Crippen molar-refractivity contribution in [2.24, 2.45) is 10.8 Å². The second kappa shape index (κ2) is 5.35. The molecule has 0 amide bonds. The molecule has 0 aromatic heterocycles. The summed E-state index contributed by atoms with van der Waals surface area (Å²) in [7, 11) is 0. The fourth-order valence-corrected chi connectivity index (χ4v) is 5.88. The van der Waals surface area contributed by atoms with Gasteiger partial charge in [0, 0.05) is 0 Å². The highest BCUT2D eigenvalue weighted by Gasteiger charge is 2.40. The third-order valence-electron chi connectivity index (χ3n) is 6.45. The maximum atomic E-state index is 2.55. The monoisotopic (exact) mass is 352 g/mol. The molecule has 27 heavy (non-hydrogen) atoms. The van der Waals surface area contributed by atoms with E-state index in [4.69, 9.17) is 0 Å². The zero-order valence-electron chi connectivity index (χ0n) is 17.1. The molecule has 0 nitrogen and oxygen atoms in total. The molecule has 0 heterocycles. The first-order chi connectivity index (χ1) is 12.7. The summed E-state index contributed by atoms with van der Waals surface area (Å²) in [4.78, 5) is 0. The molecule has 0 atom stereocenters. The van der Waals surface area contributed by atoms with Gasteiger partial charge >= 0.3 is 0 Å². The number of benzene rings is 2. The van der Waals surface area contributed by atoms with Crippen LogP contribution in [0.5, 0.6) is 0 Å². The molecular weight excluding hydrogens is 324 g/mol. The van der Waals surface area contributed by atoms with Crippen LogP contribution in [-0.2, 0) is 6.42 Å². The van der Waals surface area contributed by atoms with Crippen LogP contribution in [0.1, 0.15) is 56.4 Å². The van der Waals surface area contributed by atoms with Gasteiger partial charge in [0.2, 0.25) is 0 Å². The molecule has 0 saturated heterocycles. The van der Waals surface area contributed by atoms with Crippen LogP contribution in [0.2, 0.25) is 0 Å². The van der Waals surface area contributed by atoms with Gasteiger partial charge in [0.05, 0.1) is 0 Å². The van der Waals surface area contributed by atoms with E-state index in [-0.39, 0.29) is 10.8 Å². The molecule has 0 saturated carbocycles. The van der Waals surface area contributed by atoms with Gasteiger partial charge in [-0.05, 0) is 86.6 Å². The Hall–Kier alpha value is -2.34. The summed E-state index contributed by atoms with van der Waals surface area (Å²) < 4.78 is 0. The van der Waals surface area contributed by atoms with Crippen LogP contribution in [0.25, 0.3) is 23.3 Å². The number of fused-ring (bicyclic) bond motifs is 4. The first-order valence-electron chi connectivity index (χ1n) is 10.1. The summed E-state index contributed by atoms with van der Waals surface area (Å²) in [5.74, 6) is 0.